The van der Waals surface area contributed by atoms with Gasteiger partial charge in [-0.15, -0.1) is 0 Å². The zero-order valence-corrected chi connectivity index (χ0v) is 16.4. The van der Waals surface area contributed by atoms with Crippen LogP contribution >= 0.6 is 0 Å². The Morgan fingerprint density at radius 3 is 2.27 bits per heavy atom. The van der Waals surface area contributed by atoms with Gasteiger partial charge in [0.15, 0.2) is 0 Å². The van der Waals surface area contributed by atoms with Crippen LogP contribution in [0.2, 0.25) is 0 Å². The molecule has 8 heteroatoms. The summed E-state index contributed by atoms with van der Waals surface area (Å²) in [6, 6.07) is -0.971. The third-order valence-corrected chi connectivity index (χ3v) is 3.38. The number of esters is 1. The molecule has 2 atom stereocenters. The molecule has 0 aromatic carbocycles. The van der Waals surface area contributed by atoms with Crippen LogP contribution in [0.5, 0.6) is 0 Å². The molecule has 148 valence electrons. The molecular formula is C18H31N3O5. The van der Waals surface area contributed by atoms with Gasteiger partial charge in [0.2, 0.25) is 11.7 Å². The lowest BCUT2D eigenvalue weighted by atomic mass is 10.1. The predicted molar refractivity (Wildman–Crippen MR) is 96.6 cm³/mol. The molecule has 1 amide bonds. The second-order valence-electron chi connectivity index (χ2n) is 6.61. The Balaban J connectivity index is 5.07. The van der Waals surface area contributed by atoms with Gasteiger partial charge in [0.25, 0.3) is 0 Å². The van der Waals surface area contributed by atoms with Crippen molar-refractivity contribution < 1.29 is 28.6 Å². The van der Waals surface area contributed by atoms with Gasteiger partial charge in [-0.05, 0) is 40.5 Å². The van der Waals surface area contributed by atoms with Gasteiger partial charge >= 0.3 is 12.2 Å². The second-order valence-corrected chi connectivity index (χ2v) is 6.61. The van der Waals surface area contributed by atoms with Crippen molar-refractivity contribution in [3.05, 3.63) is 5.53 Å². The van der Waals surface area contributed by atoms with E-state index in [1.54, 1.807) is 13.8 Å². The third-order valence-electron chi connectivity index (χ3n) is 3.38. The largest absolute Gasteiger partial charge is 0.461 e. The Bertz CT molecular complexity index is 513. The van der Waals surface area contributed by atoms with E-state index in [-0.39, 0.29) is 25.0 Å². The van der Waals surface area contributed by atoms with Crippen LogP contribution in [0.25, 0.3) is 5.53 Å². The molecule has 0 aromatic rings. The Kier molecular flexibility index (Phi) is 12.2. The Hall–Kier alpha value is -2.05. The first-order chi connectivity index (χ1) is 12.2. The minimum atomic E-state index is -0.971. The number of Topliss-reactive ketones (excluding diaryl/α,β-unsaturated/α-hetero) is 1. The van der Waals surface area contributed by atoms with E-state index in [2.05, 4.69) is 10.1 Å². The molecule has 26 heavy (non-hydrogen) atoms. The summed E-state index contributed by atoms with van der Waals surface area (Å²) in [5.41, 5.74) is 8.39. The van der Waals surface area contributed by atoms with E-state index in [9.17, 15) is 14.4 Å². The molecule has 0 radical (unpaired) electrons. The van der Waals surface area contributed by atoms with Gasteiger partial charge in [0, 0.05) is 6.42 Å². The first kappa shape index (κ1) is 23.9. The molecular weight excluding hydrogens is 338 g/mol. The fraction of sp³-hybridized carbons (Fsp3) is 0.778. The van der Waals surface area contributed by atoms with Gasteiger partial charge < -0.3 is 20.3 Å². The van der Waals surface area contributed by atoms with Crippen LogP contribution in [0.1, 0.15) is 66.7 Å². The summed E-state index contributed by atoms with van der Waals surface area (Å²) in [7, 11) is 0. The predicted octanol–water partition coefficient (Wildman–Crippen LogP) is 2.06. The van der Waals surface area contributed by atoms with E-state index < -0.39 is 29.8 Å². The number of rotatable bonds is 13. The van der Waals surface area contributed by atoms with Crippen LogP contribution in [0.4, 0.5) is 0 Å². The standard InChI is InChI=1S/C18H31N3O5/c1-6-7-8-16(25-12(2)3)17(23)21-15(18(24)26-13(4)5)10-9-14(22)11-20-19/h11-13,15-16H,6-10H2,1-5H3,(H,21,23)/t15-,16-/m0/s1. The van der Waals surface area contributed by atoms with E-state index in [1.807, 2.05) is 20.8 Å². The highest BCUT2D eigenvalue weighted by Gasteiger charge is 2.28. The van der Waals surface area contributed by atoms with E-state index in [0.29, 0.717) is 6.42 Å². The van der Waals surface area contributed by atoms with Crippen molar-refractivity contribution in [1.82, 2.24) is 5.32 Å². The minimum absolute atomic E-state index is 0.0460. The number of unbranched alkanes of at least 4 members (excludes halogenated alkanes) is 1. The number of carbonyl (C=O) groups is 3. The van der Waals surface area contributed by atoms with Crippen LogP contribution in [0.3, 0.4) is 0 Å². The molecule has 0 aliphatic rings. The van der Waals surface area contributed by atoms with Crippen molar-refractivity contribution in [2.45, 2.75) is 91.1 Å². The average Bonchev–Trinajstić information content (AvgIpc) is 2.54. The quantitative estimate of drug-likeness (QED) is 0.231. The molecule has 0 unspecified atom stereocenters. The lowest BCUT2D eigenvalue weighted by molar-refractivity contribution is -0.153. The fourth-order valence-corrected chi connectivity index (χ4v) is 2.22. The molecule has 0 saturated heterocycles. The molecule has 0 heterocycles. The highest BCUT2D eigenvalue weighted by molar-refractivity contribution is 6.25. The maximum Gasteiger partial charge on any atom is 0.328 e. The van der Waals surface area contributed by atoms with Crippen LogP contribution in [0, 0.1) is 0 Å². The average molecular weight is 369 g/mol. The number of hydrogen-bond acceptors (Lipinski definition) is 5. The Labute approximate surface area is 155 Å². The van der Waals surface area contributed by atoms with Gasteiger partial charge in [-0.1, -0.05) is 19.8 Å². The highest BCUT2D eigenvalue weighted by atomic mass is 16.5. The number of nitrogens with zero attached hydrogens (tertiary/aromatic N) is 2. The van der Waals surface area contributed by atoms with Crippen molar-refractivity contribution in [2.75, 3.05) is 0 Å². The second kappa shape index (κ2) is 13.2. The molecule has 0 spiro atoms. The molecule has 0 bridgehead atoms. The molecule has 0 aliphatic heterocycles. The molecule has 0 fully saturated rings. The molecule has 0 rings (SSSR count). The molecule has 1 N–H and O–H groups in total. The van der Waals surface area contributed by atoms with Gasteiger partial charge in [0.05, 0.1) is 12.2 Å². The summed E-state index contributed by atoms with van der Waals surface area (Å²) in [5.74, 6) is -1.47. The summed E-state index contributed by atoms with van der Waals surface area (Å²) in [6.07, 6.45) is 1.87. The number of carbonyl (C=O) groups excluding carboxylic acids is 3. The van der Waals surface area contributed by atoms with E-state index in [0.717, 1.165) is 19.1 Å². The number of amides is 1. The van der Waals surface area contributed by atoms with Crippen LogP contribution in [-0.2, 0) is 23.9 Å². The van der Waals surface area contributed by atoms with Crippen molar-refractivity contribution in [3.63, 3.8) is 0 Å². The van der Waals surface area contributed by atoms with Gasteiger partial charge in [-0.25, -0.2) is 4.79 Å². The first-order valence-electron chi connectivity index (χ1n) is 9.07. The lowest BCUT2D eigenvalue weighted by Crippen LogP contribution is -2.48. The van der Waals surface area contributed by atoms with Crippen molar-refractivity contribution in [2.24, 2.45) is 0 Å². The third kappa shape index (κ3) is 10.7. The number of nitrogens with one attached hydrogen (secondary N) is 1. The van der Waals surface area contributed by atoms with Gasteiger partial charge in [-0.3, -0.25) is 9.59 Å². The monoisotopic (exact) mass is 369 g/mol. The SMILES string of the molecule is CCCC[C@H](OC(C)C)C(=O)N[C@@H](CCC(=O)C=[N+]=[N-])C(=O)OC(C)C. The van der Waals surface area contributed by atoms with E-state index in [1.165, 1.54) is 0 Å². The minimum Gasteiger partial charge on any atom is -0.461 e. The zero-order valence-electron chi connectivity index (χ0n) is 16.4. The molecule has 0 aromatic heterocycles. The van der Waals surface area contributed by atoms with Gasteiger partial charge in [0.1, 0.15) is 12.1 Å². The maximum atomic E-state index is 12.6. The van der Waals surface area contributed by atoms with Crippen LogP contribution in [0.15, 0.2) is 0 Å². The maximum absolute atomic E-state index is 12.6. The summed E-state index contributed by atoms with van der Waals surface area (Å²) < 4.78 is 10.8. The van der Waals surface area contributed by atoms with E-state index in [4.69, 9.17) is 15.0 Å². The lowest BCUT2D eigenvalue weighted by Gasteiger charge is -2.23. The summed E-state index contributed by atoms with van der Waals surface area (Å²) >= 11 is 0. The number of ketones is 1. The molecule has 0 aliphatic carbocycles. The first-order valence-corrected chi connectivity index (χ1v) is 9.07. The Morgan fingerprint density at radius 2 is 1.77 bits per heavy atom. The zero-order chi connectivity index (χ0) is 20.1. The topological polar surface area (TPSA) is 118 Å². The number of ether oxygens (including phenoxy) is 2. The van der Waals surface area contributed by atoms with E-state index >= 15 is 0 Å². The Morgan fingerprint density at radius 1 is 1.12 bits per heavy atom. The molecule has 0 saturated carbocycles. The highest BCUT2D eigenvalue weighted by Crippen LogP contribution is 2.10. The van der Waals surface area contributed by atoms with Gasteiger partial charge in [-0.2, -0.15) is 4.79 Å². The van der Waals surface area contributed by atoms with Crippen LogP contribution in [-0.4, -0.2) is 53.0 Å². The summed E-state index contributed by atoms with van der Waals surface area (Å²) in [5, 5.41) is 2.64. The van der Waals surface area contributed by atoms with Crippen molar-refractivity contribution in [3.8, 4) is 0 Å². The summed E-state index contributed by atoms with van der Waals surface area (Å²) in [4.78, 5) is 39.0. The molecule has 8 nitrogen and oxygen atoms in total. The smallest absolute Gasteiger partial charge is 0.328 e. The fourth-order valence-electron chi connectivity index (χ4n) is 2.22. The number of hydrogen-bond donors (Lipinski definition) is 1. The van der Waals surface area contributed by atoms with Crippen molar-refractivity contribution >= 4 is 23.9 Å². The van der Waals surface area contributed by atoms with Crippen LogP contribution < -0.4 is 5.32 Å². The normalized spacial score (nSPS) is 13.0. The van der Waals surface area contributed by atoms with Crippen molar-refractivity contribution in [1.29, 1.82) is 0 Å². The summed E-state index contributed by atoms with van der Waals surface area (Å²) in [6.45, 7) is 9.09.